The standard InChI is InChI=1S/C19H30N2O3/c1-15-5-7-16(8-6-15)20-19(2,3)18(22)21-11-9-17(10-12-21)24-14-13-23-4/h5-8,17,20H,9-14H2,1-4H3. The zero-order chi connectivity index (χ0) is 17.6. The molecule has 2 rings (SSSR count). The van der Waals surface area contributed by atoms with Gasteiger partial charge in [-0.1, -0.05) is 17.7 Å². The Hall–Kier alpha value is -1.59. The van der Waals surface area contributed by atoms with Crippen LogP contribution in [0.25, 0.3) is 0 Å². The van der Waals surface area contributed by atoms with Crippen molar-refractivity contribution in [3.63, 3.8) is 0 Å². The lowest BCUT2D eigenvalue weighted by atomic mass is 9.99. The van der Waals surface area contributed by atoms with Crippen molar-refractivity contribution in [2.75, 3.05) is 38.7 Å². The molecule has 5 heteroatoms. The summed E-state index contributed by atoms with van der Waals surface area (Å²) in [4.78, 5) is 14.8. The zero-order valence-corrected chi connectivity index (χ0v) is 15.3. The number of piperidine rings is 1. The number of aryl methyl sites for hydroxylation is 1. The van der Waals surface area contributed by atoms with E-state index >= 15 is 0 Å². The SMILES string of the molecule is COCCOC1CCN(C(=O)C(C)(C)Nc2ccc(C)cc2)CC1. The molecule has 0 spiro atoms. The van der Waals surface area contributed by atoms with Gasteiger partial charge in [0, 0.05) is 25.9 Å². The Morgan fingerprint density at radius 3 is 2.42 bits per heavy atom. The molecule has 1 heterocycles. The molecule has 0 bridgehead atoms. The molecule has 0 radical (unpaired) electrons. The first-order valence-electron chi connectivity index (χ1n) is 8.67. The van der Waals surface area contributed by atoms with Crippen LogP contribution in [-0.4, -0.2) is 55.9 Å². The van der Waals surface area contributed by atoms with E-state index < -0.39 is 5.54 Å². The number of hydrogen-bond donors (Lipinski definition) is 1. The van der Waals surface area contributed by atoms with Crippen LogP contribution in [0.2, 0.25) is 0 Å². The van der Waals surface area contributed by atoms with Crippen molar-refractivity contribution < 1.29 is 14.3 Å². The fourth-order valence-electron chi connectivity index (χ4n) is 2.97. The number of methoxy groups -OCH3 is 1. The topological polar surface area (TPSA) is 50.8 Å². The molecule has 0 unspecified atom stereocenters. The first kappa shape index (κ1) is 18.7. The maximum Gasteiger partial charge on any atom is 0.247 e. The van der Waals surface area contributed by atoms with Crippen molar-refractivity contribution in [3.05, 3.63) is 29.8 Å². The summed E-state index contributed by atoms with van der Waals surface area (Å²) >= 11 is 0. The van der Waals surface area contributed by atoms with Crippen LogP contribution < -0.4 is 5.32 Å². The van der Waals surface area contributed by atoms with E-state index in [1.165, 1.54) is 5.56 Å². The monoisotopic (exact) mass is 334 g/mol. The lowest BCUT2D eigenvalue weighted by Gasteiger charge is -2.37. The van der Waals surface area contributed by atoms with Gasteiger partial charge in [0.05, 0.1) is 19.3 Å². The predicted octanol–water partition coefficient (Wildman–Crippen LogP) is 2.84. The fraction of sp³-hybridized carbons (Fsp3) is 0.632. The highest BCUT2D eigenvalue weighted by Gasteiger charge is 2.34. The van der Waals surface area contributed by atoms with Crippen LogP contribution >= 0.6 is 0 Å². The van der Waals surface area contributed by atoms with Crippen molar-refractivity contribution in [2.45, 2.75) is 45.3 Å². The van der Waals surface area contributed by atoms with Gasteiger partial charge in [-0.2, -0.15) is 0 Å². The van der Waals surface area contributed by atoms with E-state index in [-0.39, 0.29) is 12.0 Å². The van der Waals surface area contributed by atoms with Gasteiger partial charge in [-0.25, -0.2) is 0 Å². The molecule has 0 saturated carbocycles. The molecule has 1 fully saturated rings. The van der Waals surface area contributed by atoms with Crippen LogP contribution in [-0.2, 0) is 14.3 Å². The van der Waals surface area contributed by atoms with E-state index in [0.29, 0.717) is 13.2 Å². The average molecular weight is 334 g/mol. The summed E-state index contributed by atoms with van der Waals surface area (Å²) in [5, 5.41) is 3.36. The predicted molar refractivity (Wildman–Crippen MR) is 96.3 cm³/mol. The first-order valence-corrected chi connectivity index (χ1v) is 8.67. The normalized spacial score (nSPS) is 16.2. The molecule has 1 amide bonds. The molecule has 5 nitrogen and oxygen atoms in total. The molecule has 1 N–H and O–H groups in total. The average Bonchev–Trinajstić information content (AvgIpc) is 2.57. The van der Waals surface area contributed by atoms with Crippen LogP contribution in [0.15, 0.2) is 24.3 Å². The van der Waals surface area contributed by atoms with Gasteiger partial charge in [0.15, 0.2) is 0 Å². The van der Waals surface area contributed by atoms with Gasteiger partial charge in [0.25, 0.3) is 0 Å². The minimum atomic E-state index is -0.626. The number of ether oxygens (including phenoxy) is 2. The molecule has 24 heavy (non-hydrogen) atoms. The van der Waals surface area contributed by atoms with E-state index in [9.17, 15) is 4.79 Å². The van der Waals surface area contributed by atoms with Gasteiger partial charge in [-0.15, -0.1) is 0 Å². The largest absolute Gasteiger partial charge is 0.382 e. The summed E-state index contributed by atoms with van der Waals surface area (Å²) in [6.45, 7) is 8.67. The highest BCUT2D eigenvalue weighted by Crippen LogP contribution is 2.21. The number of carbonyl (C=O) groups excluding carboxylic acids is 1. The summed E-state index contributed by atoms with van der Waals surface area (Å²) in [5.41, 5.74) is 1.55. The highest BCUT2D eigenvalue weighted by atomic mass is 16.5. The number of hydrogen-bond acceptors (Lipinski definition) is 4. The van der Waals surface area contributed by atoms with Gasteiger partial charge in [-0.3, -0.25) is 4.79 Å². The van der Waals surface area contributed by atoms with E-state index in [1.807, 2.05) is 43.0 Å². The molecule has 134 valence electrons. The molecular weight excluding hydrogens is 304 g/mol. The molecule has 1 aliphatic rings. The maximum atomic E-state index is 12.9. The number of nitrogens with zero attached hydrogens (tertiary/aromatic N) is 1. The van der Waals surface area contributed by atoms with Gasteiger partial charge in [0.1, 0.15) is 5.54 Å². The molecular formula is C19H30N2O3. The van der Waals surface area contributed by atoms with Crippen molar-refractivity contribution in [2.24, 2.45) is 0 Å². The lowest BCUT2D eigenvalue weighted by molar-refractivity contribution is -0.137. The van der Waals surface area contributed by atoms with Crippen molar-refractivity contribution in [3.8, 4) is 0 Å². The number of rotatable bonds is 7. The number of amides is 1. The van der Waals surface area contributed by atoms with E-state index in [1.54, 1.807) is 7.11 Å². The Bertz CT molecular complexity index is 520. The highest BCUT2D eigenvalue weighted by molar-refractivity contribution is 5.88. The molecule has 0 atom stereocenters. The Kier molecular flexibility index (Phi) is 6.63. The van der Waals surface area contributed by atoms with Gasteiger partial charge >= 0.3 is 0 Å². The molecule has 1 aromatic carbocycles. The Balaban J connectivity index is 1.85. The van der Waals surface area contributed by atoms with E-state index in [2.05, 4.69) is 12.2 Å². The van der Waals surface area contributed by atoms with Gasteiger partial charge < -0.3 is 19.7 Å². The third-order valence-electron chi connectivity index (χ3n) is 4.41. The van der Waals surface area contributed by atoms with Crippen LogP contribution in [0.5, 0.6) is 0 Å². The van der Waals surface area contributed by atoms with Crippen LogP contribution in [0.4, 0.5) is 5.69 Å². The second-order valence-electron chi connectivity index (χ2n) is 6.97. The van der Waals surface area contributed by atoms with E-state index in [4.69, 9.17) is 9.47 Å². The van der Waals surface area contributed by atoms with Gasteiger partial charge in [0.2, 0.25) is 5.91 Å². The number of nitrogens with one attached hydrogen (secondary N) is 1. The molecule has 1 saturated heterocycles. The van der Waals surface area contributed by atoms with Crippen molar-refractivity contribution >= 4 is 11.6 Å². The second-order valence-corrected chi connectivity index (χ2v) is 6.97. The number of anilines is 1. The zero-order valence-electron chi connectivity index (χ0n) is 15.3. The Morgan fingerprint density at radius 1 is 1.21 bits per heavy atom. The smallest absolute Gasteiger partial charge is 0.247 e. The minimum absolute atomic E-state index is 0.137. The fourth-order valence-corrected chi connectivity index (χ4v) is 2.97. The van der Waals surface area contributed by atoms with Crippen molar-refractivity contribution in [1.82, 2.24) is 4.90 Å². The third-order valence-corrected chi connectivity index (χ3v) is 4.41. The Labute approximate surface area is 145 Å². The lowest BCUT2D eigenvalue weighted by Crippen LogP contribution is -2.53. The molecule has 1 aliphatic heterocycles. The summed E-state index contributed by atoms with van der Waals surface area (Å²) < 4.78 is 10.8. The van der Waals surface area contributed by atoms with Crippen LogP contribution in [0.3, 0.4) is 0 Å². The quantitative estimate of drug-likeness (QED) is 0.779. The molecule has 1 aromatic rings. The minimum Gasteiger partial charge on any atom is -0.382 e. The van der Waals surface area contributed by atoms with Gasteiger partial charge in [-0.05, 0) is 45.7 Å². The summed E-state index contributed by atoms with van der Waals surface area (Å²) in [6, 6.07) is 8.12. The molecule has 0 aromatic heterocycles. The molecule has 0 aliphatic carbocycles. The number of likely N-dealkylation sites (tertiary alicyclic amines) is 1. The van der Waals surface area contributed by atoms with Crippen molar-refractivity contribution in [1.29, 1.82) is 0 Å². The summed E-state index contributed by atoms with van der Waals surface area (Å²) in [7, 11) is 1.67. The maximum absolute atomic E-state index is 12.9. The summed E-state index contributed by atoms with van der Waals surface area (Å²) in [5.74, 6) is 0.137. The first-order chi connectivity index (χ1) is 11.4. The van der Waals surface area contributed by atoms with Crippen LogP contribution in [0, 0.1) is 6.92 Å². The second kappa shape index (κ2) is 8.49. The Morgan fingerprint density at radius 2 is 1.83 bits per heavy atom. The number of carbonyl (C=O) groups is 1. The number of benzene rings is 1. The van der Waals surface area contributed by atoms with E-state index in [0.717, 1.165) is 31.6 Å². The summed E-state index contributed by atoms with van der Waals surface area (Å²) in [6.07, 6.45) is 2.00. The van der Waals surface area contributed by atoms with Crippen LogP contribution in [0.1, 0.15) is 32.3 Å². The third kappa shape index (κ3) is 5.21.